The van der Waals surface area contributed by atoms with Crippen molar-refractivity contribution < 1.29 is 4.39 Å². The third-order valence-electron chi connectivity index (χ3n) is 3.75. The molecule has 1 heterocycles. The van der Waals surface area contributed by atoms with Crippen LogP contribution in [0.15, 0.2) is 24.3 Å². The largest absolute Gasteiger partial charge is 0.310 e. The number of nitrogens with zero attached hydrogens (tertiary/aromatic N) is 1. The summed E-state index contributed by atoms with van der Waals surface area (Å²) in [6.07, 6.45) is 3.68. The molecule has 0 aromatic heterocycles. The molecule has 1 aliphatic heterocycles. The molecule has 2 nitrogen and oxygen atoms in total. The highest BCUT2D eigenvalue weighted by molar-refractivity contribution is 5.16. The van der Waals surface area contributed by atoms with Crippen LogP contribution in [0.25, 0.3) is 0 Å². The van der Waals surface area contributed by atoms with Crippen molar-refractivity contribution in [3.8, 4) is 0 Å². The van der Waals surface area contributed by atoms with Gasteiger partial charge >= 0.3 is 0 Å². The van der Waals surface area contributed by atoms with Crippen molar-refractivity contribution in [2.24, 2.45) is 0 Å². The minimum Gasteiger partial charge on any atom is -0.310 e. The van der Waals surface area contributed by atoms with E-state index in [1.54, 1.807) is 12.1 Å². The Balaban J connectivity index is 1.79. The second-order valence-electron chi connectivity index (χ2n) is 5.07. The number of hydrogen-bond acceptors (Lipinski definition) is 2. The molecular weight excluding hydrogens is 227 g/mol. The standard InChI is InChI=1S/C15H23FN2/c1-2-18-9-4-7-15(8-10-18)17-12-13-5-3-6-14(16)11-13/h3,5-6,11,15,17H,2,4,7-10,12H2,1H3. The maximum absolute atomic E-state index is 13.1. The molecule has 100 valence electrons. The van der Waals surface area contributed by atoms with Crippen LogP contribution >= 0.6 is 0 Å². The van der Waals surface area contributed by atoms with Crippen LogP contribution in [0.5, 0.6) is 0 Å². The molecule has 1 saturated heterocycles. The quantitative estimate of drug-likeness (QED) is 0.884. The first-order valence-electron chi connectivity index (χ1n) is 6.98. The lowest BCUT2D eigenvalue weighted by Gasteiger charge is -2.18. The predicted octanol–water partition coefficient (Wildman–Crippen LogP) is 2.79. The number of rotatable bonds is 4. The molecule has 2 rings (SSSR count). The maximum Gasteiger partial charge on any atom is 0.123 e. The molecule has 1 aliphatic rings. The van der Waals surface area contributed by atoms with Gasteiger partial charge in [0.2, 0.25) is 0 Å². The summed E-state index contributed by atoms with van der Waals surface area (Å²) in [6, 6.07) is 7.43. The summed E-state index contributed by atoms with van der Waals surface area (Å²) in [7, 11) is 0. The number of nitrogens with one attached hydrogen (secondary N) is 1. The molecule has 1 aromatic rings. The Kier molecular flexibility index (Phi) is 5.14. The molecule has 1 atom stereocenters. The van der Waals surface area contributed by atoms with Crippen LogP contribution < -0.4 is 5.32 Å². The van der Waals surface area contributed by atoms with Crippen molar-refractivity contribution in [2.75, 3.05) is 19.6 Å². The molecule has 0 aliphatic carbocycles. The van der Waals surface area contributed by atoms with E-state index in [1.807, 2.05) is 6.07 Å². The Morgan fingerprint density at radius 3 is 3.00 bits per heavy atom. The maximum atomic E-state index is 13.1. The molecule has 0 spiro atoms. The van der Waals surface area contributed by atoms with Crippen molar-refractivity contribution in [2.45, 2.75) is 38.8 Å². The second kappa shape index (κ2) is 6.86. The van der Waals surface area contributed by atoms with Crippen molar-refractivity contribution in [1.82, 2.24) is 10.2 Å². The lowest BCUT2D eigenvalue weighted by Crippen LogP contribution is -2.30. The summed E-state index contributed by atoms with van der Waals surface area (Å²) in [5.74, 6) is -0.146. The fraction of sp³-hybridized carbons (Fsp3) is 0.600. The molecule has 1 fully saturated rings. The summed E-state index contributed by atoms with van der Waals surface area (Å²) in [4.78, 5) is 2.50. The summed E-state index contributed by atoms with van der Waals surface area (Å²) >= 11 is 0. The smallest absolute Gasteiger partial charge is 0.123 e. The van der Waals surface area contributed by atoms with Crippen LogP contribution in [0.4, 0.5) is 4.39 Å². The molecule has 1 unspecified atom stereocenters. The number of hydrogen-bond donors (Lipinski definition) is 1. The third-order valence-corrected chi connectivity index (χ3v) is 3.75. The number of halogens is 1. The monoisotopic (exact) mass is 250 g/mol. The molecule has 18 heavy (non-hydrogen) atoms. The second-order valence-corrected chi connectivity index (χ2v) is 5.07. The Bertz CT molecular complexity index is 367. The molecular formula is C15H23FN2. The minimum absolute atomic E-state index is 0.146. The van der Waals surface area contributed by atoms with Gasteiger partial charge in [0.05, 0.1) is 0 Å². The minimum atomic E-state index is -0.146. The number of likely N-dealkylation sites (tertiary alicyclic amines) is 1. The van der Waals surface area contributed by atoms with Crippen LogP contribution in [0, 0.1) is 5.82 Å². The van der Waals surface area contributed by atoms with E-state index in [0.717, 1.165) is 18.7 Å². The van der Waals surface area contributed by atoms with E-state index >= 15 is 0 Å². The van der Waals surface area contributed by atoms with Gasteiger partial charge in [-0.05, 0) is 56.6 Å². The molecule has 0 radical (unpaired) electrons. The SMILES string of the molecule is CCN1CCCC(NCc2cccc(F)c2)CC1. The average Bonchev–Trinajstić information content (AvgIpc) is 2.61. The van der Waals surface area contributed by atoms with Gasteiger partial charge < -0.3 is 10.2 Å². The van der Waals surface area contributed by atoms with Gasteiger partial charge in [-0.3, -0.25) is 0 Å². The van der Waals surface area contributed by atoms with Crippen LogP contribution in [-0.4, -0.2) is 30.6 Å². The first kappa shape index (κ1) is 13.5. The highest BCUT2D eigenvalue weighted by Gasteiger charge is 2.15. The van der Waals surface area contributed by atoms with Crippen molar-refractivity contribution in [3.05, 3.63) is 35.6 Å². The molecule has 0 saturated carbocycles. The van der Waals surface area contributed by atoms with Crippen molar-refractivity contribution in [1.29, 1.82) is 0 Å². The first-order chi connectivity index (χ1) is 8.78. The zero-order chi connectivity index (χ0) is 12.8. The van der Waals surface area contributed by atoms with E-state index in [-0.39, 0.29) is 5.82 Å². The number of benzene rings is 1. The zero-order valence-corrected chi connectivity index (χ0v) is 11.2. The fourth-order valence-electron chi connectivity index (χ4n) is 2.59. The Labute approximate surface area is 109 Å². The van der Waals surface area contributed by atoms with E-state index in [4.69, 9.17) is 0 Å². The van der Waals surface area contributed by atoms with Gasteiger partial charge in [-0.25, -0.2) is 4.39 Å². The van der Waals surface area contributed by atoms with Gasteiger partial charge in [0.15, 0.2) is 0 Å². The normalized spacial score (nSPS) is 21.8. The zero-order valence-electron chi connectivity index (χ0n) is 11.2. The highest BCUT2D eigenvalue weighted by Crippen LogP contribution is 2.12. The Hall–Kier alpha value is -0.930. The third kappa shape index (κ3) is 4.07. The fourth-order valence-corrected chi connectivity index (χ4v) is 2.59. The molecule has 0 amide bonds. The Morgan fingerprint density at radius 2 is 2.22 bits per heavy atom. The van der Waals surface area contributed by atoms with Gasteiger partial charge in [0.25, 0.3) is 0 Å². The van der Waals surface area contributed by atoms with E-state index in [0.29, 0.717) is 6.04 Å². The van der Waals surface area contributed by atoms with Gasteiger partial charge in [-0.1, -0.05) is 19.1 Å². The molecule has 0 bridgehead atoms. The topological polar surface area (TPSA) is 15.3 Å². The highest BCUT2D eigenvalue weighted by atomic mass is 19.1. The van der Waals surface area contributed by atoms with Crippen LogP contribution in [-0.2, 0) is 6.54 Å². The van der Waals surface area contributed by atoms with E-state index < -0.39 is 0 Å². The van der Waals surface area contributed by atoms with Gasteiger partial charge in [-0.15, -0.1) is 0 Å². The molecule has 1 aromatic carbocycles. The lowest BCUT2D eigenvalue weighted by molar-refractivity contribution is 0.297. The average molecular weight is 250 g/mol. The summed E-state index contributed by atoms with van der Waals surface area (Å²) in [5, 5.41) is 3.56. The Morgan fingerprint density at radius 1 is 1.33 bits per heavy atom. The predicted molar refractivity (Wildman–Crippen MR) is 73.0 cm³/mol. The van der Waals surface area contributed by atoms with Crippen LogP contribution in [0.1, 0.15) is 31.7 Å². The van der Waals surface area contributed by atoms with Crippen LogP contribution in [0.2, 0.25) is 0 Å². The summed E-state index contributed by atoms with van der Waals surface area (Å²) < 4.78 is 13.1. The molecule has 1 N–H and O–H groups in total. The van der Waals surface area contributed by atoms with Crippen molar-refractivity contribution >= 4 is 0 Å². The van der Waals surface area contributed by atoms with Gasteiger partial charge in [0.1, 0.15) is 5.82 Å². The van der Waals surface area contributed by atoms with Crippen molar-refractivity contribution in [3.63, 3.8) is 0 Å². The van der Waals surface area contributed by atoms with E-state index in [9.17, 15) is 4.39 Å². The van der Waals surface area contributed by atoms with Gasteiger partial charge in [0, 0.05) is 12.6 Å². The summed E-state index contributed by atoms with van der Waals surface area (Å²) in [6.45, 7) is 6.54. The molecule has 3 heteroatoms. The van der Waals surface area contributed by atoms with E-state index in [2.05, 4.69) is 17.1 Å². The van der Waals surface area contributed by atoms with Crippen LogP contribution in [0.3, 0.4) is 0 Å². The first-order valence-corrected chi connectivity index (χ1v) is 6.98. The van der Waals surface area contributed by atoms with E-state index in [1.165, 1.54) is 38.4 Å². The van der Waals surface area contributed by atoms with Gasteiger partial charge in [-0.2, -0.15) is 0 Å². The summed E-state index contributed by atoms with van der Waals surface area (Å²) in [5.41, 5.74) is 1.03. The lowest BCUT2D eigenvalue weighted by atomic mass is 10.1.